The number of nitrogens with zero attached hydrogens (tertiary/aromatic N) is 1. The molecule has 2 aromatic rings. The number of rotatable bonds is 9. The van der Waals surface area contributed by atoms with E-state index in [2.05, 4.69) is 0 Å². The molecular formula is C21H25NO5. The number of hydrogen-bond donors (Lipinski definition) is 0. The normalized spacial score (nSPS) is 10.3. The van der Waals surface area contributed by atoms with Crippen LogP contribution in [0, 0.1) is 0 Å². The summed E-state index contributed by atoms with van der Waals surface area (Å²) >= 11 is 0. The molecule has 0 spiro atoms. The Kier molecular flexibility index (Phi) is 8.32. The van der Waals surface area contributed by atoms with Crippen LogP contribution in [0.15, 0.2) is 54.6 Å². The van der Waals surface area contributed by atoms with Crippen LogP contribution in [0.25, 0.3) is 0 Å². The summed E-state index contributed by atoms with van der Waals surface area (Å²) in [5.74, 6) is 0.378. The number of amides is 2. The standard InChI is InChI=1S/C21H25NO5/c1-17(23)22(13-6-14-26-15-18-7-4-3-5-8-18)21(24)27-16-19-9-11-20(25-2)12-10-19/h3-5,7-12H,6,13-16H2,1-2H3. The van der Waals surface area contributed by atoms with Crippen molar-refractivity contribution in [2.24, 2.45) is 0 Å². The highest BCUT2D eigenvalue weighted by molar-refractivity contribution is 5.90. The van der Waals surface area contributed by atoms with E-state index in [1.54, 1.807) is 19.2 Å². The van der Waals surface area contributed by atoms with Gasteiger partial charge in [0.15, 0.2) is 0 Å². The van der Waals surface area contributed by atoms with Gasteiger partial charge in [-0.3, -0.25) is 4.79 Å². The largest absolute Gasteiger partial charge is 0.497 e. The van der Waals surface area contributed by atoms with Gasteiger partial charge in [0.05, 0.1) is 13.7 Å². The average molecular weight is 371 g/mol. The van der Waals surface area contributed by atoms with Crippen molar-refractivity contribution in [1.29, 1.82) is 0 Å². The van der Waals surface area contributed by atoms with Gasteiger partial charge in [-0.25, -0.2) is 9.69 Å². The molecule has 0 unspecified atom stereocenters. The lowest BCUT2D eigenvalue weighted by molar-refractivity contribution is -0.127. The van der Waals surface area contributed by atoms with Gasteiger partial charge in [0, 0.05) is 20.1 Å². The molecule has 6 heteroatoms. The van der Waals surface area contributed by atoms with E-state index in [-0.39, 0.29) is 19.1 Å². The van der Waals surface area contributed by atoms with Gasteiger partial charge in [-0.05, 0) is 29.7 Å². The zero-order valence-electron chi connectivity index (χ0n) is 15.7. The second kappa shape index (κ2) is 11.0. The van der Waals surface area contributed by atoms with Crippen LogP contribution in [-0.4, -0.2) is 37.2 Å². The molecule has 27 heavy (non-hydrogen) atoms. The van der Waals surface area contributed by atoms with Crippen LogP contribution >= 0.6 is 0 Å². The molecule has 0 bridgehead atoms. The van der Waals surface area contributed by atoms with E-state index in [1.807, 2.05) is 42.5 Å². The number of ether oxygens (including phenoxy) is 3. The van der Waals surface area contributed by atoms with E-state index in [4.69, 9.17) is 14.2 Å². The maximum atomic E-state index is 12.2. The molecular weight excluding hydrogens is 346 g/mol. The van der Waals surface area contributed by atoms with Crippen LogP contribution in [0.3, 0.4) is 0 Å². The minimum atomic E-state index is -0.652. The van der Waals surface area contributed by atoms with E-state index in [0.717, 1.165) is 21.8 Å². The third-order valence-electron chi connectivity index (χ3n) is 3.90. The number of imide groups is 1. The molecule has 0 aliphatic heterocycles. The Morgan fingerprint density at radius 2 is 1.59 bits per heavy atom. The van der Waals surface area contributed by atoms with Crippen molar-refractivity contribution in [3.05, 3.63) is 65.7 Å². The van der Waals surface area contributed by atoms with Gasteiger partial charge in [0.25, 0.3) is 0 Å². The lowest BCUT2D eigenvalue weighted by Crippen LogP contribution is -2.36. The molecule has 6 nitrogen and oxygen atoms in total. The highest BCUT2D eigenvalue weighted by atomic mass is 16.6. The number of carbonyl (C=O) groups excluding carboxylic acids is 2. The number of methoxy groups -OCH3 is 1. The molecule has 0 atom stereocenters. The fourth-order valence-corrected chi connectivity index (χ4v) is 2.41. The predicted molar refractivity (Wildman–Crippen MR) is 101 cm³/mol. The summed E-state index contributed by atoms with van der Waals surface area (Å²) in [5.41, 5.74) is 1.90. The molecule has 0 saturated heterocycles. The van der Waals surface area contributed by atoms with Gasteiger partial charge in [0.2, 0.25) is 5.91 Å². The molecule has 0 aliphatic rings. The summed E-state index contributed by atoms with van der Waals surface area (Å²) in [6.45, 7) is 2.65. The Hall–Kier alpha value is -2.86. The van der Waals surface area contributed by atoms with Crippen molar-refractivity contribution in [3.63, 3.8) is 0 Å². The Labute approximate surface area is 159 Å². The smallest absolute Gasteiger partial charge is 0.416 e. The summed E-state index contributed by atoms with van der Waals surface area (Å²) < 4.78 is 15.9. The highest BCUT2D eigenvalue weighted by Crippen LogP contribution is 2.12. The van der Waals surface area contributed by atoms with Crippen LogP contribution in [0.1, 0.15) is 24.5 Å². The van der Waals surface area contributed by atoms with E-state index in [0.29, 0.717) is 19.6 Å². The first-order valence-electron chi connectivity index (χ1n) is 8.79. The van der Waals surface area contributed by atoms with Crippen molar-refractivity contribution >= 4 is 12.0 Å². The van der Waals surface area contributed by atoms with Crippen LogP contribution in [0.4, 0.5) is 4.79 Å². The van der Waals surface area contributed by atoms with Crippen LogP contribution in [0.5, 0.6) is 5.75 Å². The van der Waals surface area contributed by atoms with E-state index < -0.39 is 6.09 Å². The maximum Gasteiger partial charge on any atom is 0.416 e. The lowest BCUT2D eigenvalue weighted by atomic mass is 10.2. The zero-order valence-corrected chi connectivity index (χ0v) is 15.7. The number of hydrogen-bond acceptors (Lipinski definition) is 5. The predicted octanol–water partition coefficient (Wildman–Crippen LogP) is 3.79. The summed E-state index contributed by atoms with van der Waals surface area (Å²) in [6, 6.07) is 17.0. The molecule has 2 rings (SSSR count). The van der Waals surface area contributed by atoms with E-state index in [9.17, 15) is 9.59 Å². The summed E-state index contributed by atoms with van der Waals surface area (Å²) in [5, 5.41) is 0. The molecule has 0 heterocycles. The zero-order chi connectivity index (χ0) is 19.5. The molecule has 0 saturated carbocycles. The van der Waals surface area contributed by atoms with Crippen LogP contribution in [0.2, 0.25) is 0 Å². The van der Waals surface area contributed by atoms with Crippen molar-refractivity contribution in [3.8, 4) is 5.75 Å². The lowest BCUT2D eigenvalue weighted by Gasteiger charge is -2.18. The van der Waals surface area contributed by atoms with Crippen LogP contribution in [-0.2, 0) is 27.5 Å². The first-order valence-corrected chi connectivity index (χ1v) is 8.79. The first kappa shape index (κ1) is 20.5. The minimum Gasteiger partial charge on any atom is -0.497 e. The maximum absolute atomic E-state index is 12.2. The van der Waals surface area contributed by atoms with E-state index in [1.165, 1.54) is 6.92 Å². The number of benzene rings is 2. The third-order valence-corrected chi connectivity index (χ3v) is 3.90. The van der Waals surface area contributed by atoms with Gasteiger partial charge < -0.3 is 14.2 Å². The fourth-order valence-electron chi connectivity index (χ4n) is 2.41. The van der Waals surface area contributed by atoms with Gasteiger partial charge in [0.1, 0.15) is 12.4 Å². The Morgan fingerprint density at radius 1 is 0.926 bits per heavy atom. The molecule has 144 valence electrons. The summed E-state index contributed by atoms with van der Waals surface area (Å²) in [6.07, 6.45) is -0.106. The molecule has 0 N–H and O–H groups in total. The molecule has 0 aromatic heterocycles. The Morgan fingerprint density at radius 3 is 2.22 bits per heavy atom. The summed E-state index contributed by atoms with van der Waals surface area (Å²) in [4.78, 5) is 25.0. The van der Waals surface area contributed by atoms with Crippen molar-refractivity contribution in [2.45, 2.75) is 26.6 Å². The third kappa shape index (κ3) is 7.11. The number of carbonyl (C=O) groups is 2. The quantitative estimate of drug-likeness (QED) is 0.628. The topological polar surface area (TPSA) is 65.1 Å². The molecule has 2 amide bonds. The molecule has 0 aliphatic carbocycles. The van der Waals surface area contributed by atoms with Gasteiger partial charge >= 0.3 is 6.09 Å². The van der Waals surface area contributed by atoms with Crippen molar-refractivity contribution in [2.75, 3.05) is 20.3 Å². The Bertz CT molecular complexity index is 715. The SMILES string of the molecule is COc1ccc(COC(=O)N(CCCOCc2ccccc2)C(C)=O)cc1. The molecule has 2 aromatic carbocycles. The van der Waals surface area contributed by atoms with Gasteiger partial charge in [-0.2, -0.15) is 0 Å². The average Bonchev–Trinajstić information content (AvgIpc) is 2.69. The van der Waals surface area contributed by atoms with Gasteiger partial charge in [-0.15, -0.1) is 0 Å². The highest BCUT2D eigenvalue weighted by Gasteiger charge is 2.19. The van der Waals surface area contributed by atoms with Crippen molar-refractivity contribution < 1.29 is 23.8 Å². The first-order chi connectivity index (χ1) is 13.1. The fraction of sp³-hybridized carbons (Fsp3) is 0.333. The molecule has 0 radical (unpaired) electrons. The van der Waals surface area contributed by atoms with E-state index >= 15 is 0 Å². The Balaban J connectivity index is 1.72. The van der Waals surface area contributed by atoms with Gasteiger partial charge in [-0.1, -0.05) is 42.5 Å². The van der Waals surface area contributed by atoms with Crippen LogP contribution < -0.4 is 4.74 Å². The second-order valence-corrected chi connectivity index (χ2v) is 5.97. The molecule has 0 fully saturated rings. The minimum absolute atomic E-state index is 0.0944. The van der Waals surface area contributed by atoms with Crippen molar-refractivity contribution in [1.82, 2.24) is 4.90 Å². The summed E-state index contributed by atoms with van der Waals surface area (Å²) in [7, 11) is 1.59. The monoisotopic (exact) mass is 371 g/mol. The second-order valence-electron chi connectivity index (χ2n) is 5.97.